The van der Waals surface area contributed by atoms with Crippen LogP contribution >= 0.6 is 0 Å². The molecule has 0 atom stereocenters. The van der Waals surface area contributed by atoms with Gasteiger partial charge in [-0.1, -0.05) is 6.07 Å². The quantitative estimate of drug-likeness (QED) is 0.900. The number of fused-ring (bicyclic) bond motifs is 1. The van der Waals surface area contributed by atoms with E-state index in [2.05, 4.69) is 4.98 Å². The third-order valence-corrected chi connectivity index (χ3v) is 3.28. The van der Waals surface area contributed by atoms with Crippen molar-refractivity contribution in [3.63, 3.8) is 0 Å². The Morgan fingerprint density at radius 3 is 2.78 bits per heavy atom. The highest BCUT2D eigenvalue weighted by Gasteiger charge is 2.19. The molecule has 1 heterocycles. The largest absolute Gasteiger partial charge is 0.478 e. The Labute approximate surface area is 104 Å². The highest BCUT2D eigenvalue weighted by Crippen LogP contribution is 2.26. The molecule has 0 radical (unpaired) electrons. The molecule has 0 amide bonds. The molecular formula is C14H13NO3. The van der Waals surface area contributed by atoms with Gasteiger partial charge in [0, 0.05) is 11.5 Å². The molecule has 92 valence electrons. The Morgan fingerprint density at radius 1 is 1.28 bits per heavy atom. The maximum atomic E-state index is 11.1. The smallest absolute Gasteiger partial charge is 0.336 e. The zero-order valence-electron chi connectivity index (χ0n) is 9.80. The first-order valence-corrected chi connectivity index (χ1v) is 6.04. The topological polar surface area (TPSA) is 59.4 Å². The number of aromatic carboxylic acids is 1. The van der Waals surface area contributed by atoms with E-state index in [1.54, 1.807) is 30.3 Å². The fraction of sp³-hybridized carbons (Fsp3) is 0.286. The molecule has 1 aliphatic carbocycles. The number of rotatable bonds is 3. The summed E-state index contributed by atoms with van der Waals surface area (Å²) in [6, 6.07) is 8.59. The van der Waals surface area contributed by atoms with Crippen LogP contribution in [0.2, 0.25) is 0 Å². The van der Waals surface area contributed by atoms with Crippen molar-refractivity contribution in [3.8, 4) is 5.88 Å². The van der Waals surface area contributed by atoms with Gasteiger partial charge in [-0.25, -0.2) is 9.78 Å². The van der Waals surface area contributed by atoms with Gasteiger partial charge >= 0.3 is 5.97 Å². The van der Waals surface area contributed by atoms with E-state index < -0.39 is 5.97 Å². The second-order valence-electron chi connectivity index (χ2n) is 4.50. The van der Waals surface area contributed by atoms with E-state index in [1.165, 1.54) is 6.42 Å². The number of pyridine rings is 1. The maximum absolute atomic E-state index is 11.1. The fourth-order valence-corrected chi connectivity index (χ4v) is 2.05. The van der Waals surface area contributed by atoms with Crippen molar-refractivity contribution in [1.82, 2.24) is 4.98 Å². The summed E-state index contributed by atoms with van der Waals surface area (Å²) < 4.78 is 5.70. The van der Waals surface area contributed by atoms with Gasteiger partial charge < -0.3 is 9.84 Å². The standard InChI is InChI=1S/C14H13NO3/c16-14(17)11-5-2-6-12-10(11)7-8-13(15-12)18-9-3-1-4-9/h2,5-9H,1,3-4H2,(H,16,17). The van der Waals surface area contributed by atoms with Crippen molar-refractivity contribution in [3.05, 3.63) is 35.9 Å². The van der Waals surface area contributed by atoms with Crippen LogP contribution in [0.15, 0.2) is 30.3 Å². The summed E-state index contributed by atoms with van der Waals surface area (Å²) in [6.07, 6.45) is 3.64. The van der Waals surface area contributed by atoms with Crippen LogP contribution < -0.4 is 4.74 Å². The molecular weight excluding hydrogens is 230 g/mol. The van der Waals surface area contributed by atoms with E-state index in [4.69, 9.17) is 9.84 Å². The molecule has 18 heavy (non-hydrogen) atoms. The van der Waals surface area contributed by atoms with Gasteiger partial charge in [-0.05, 0) is 37.5 Å². The monoisotopic (exact) mass is 243 g/mol. The molecule has 4 nitrogen and oxygen atoms in total. The summed E-state index contributed by atoms with van der Waals surface area (Å²) in [5, 5.41) is 9.73. The number of carbonyl (C=O) groups is 1. The Morgan fingerprint density at radius 2 is 2.11 bits per heavy atom. The van der Waals surface area contributed by atoms with E-state index in [9.17, 15) is 4.79 Å². The molecule has 0 saturated heterocycles. The van der Waals surface area contributed by atoms with Crippen molar-refractivity contribution in [2.75, 3.05) is 0 Å². The summed E-state index contributed by atoms with van der Waals surface area (Å²) >= 11 is 0. The van der Waals surface area contributed by atoms with Crippen LogP contribution in [-0.4, -0.2) is 22.2 Å². The van der Waals surface area contributed by atoms with Gasteiger partial charge in [0.15, 0.2) is 0 Å². The van der Waals surface area contributed by atoms with Gasteiger partial charge in [-0.15, -0.1) is 0 Å². The third kappa shape index (κ3) is 1.90. The van der Waals surface area contributed by atoms with Crippen molar-refractivity contribution >= 4 is 16.9 Å². The minimum atomic E-state index is -0.935. The predicted octanol–water partition coefficient (Wildman–Crippen LogP) is 2.86. The zero-order valence-corrected chi connectivity index (χ0v) is 9.80. The van der Waals surface area contributed by atoms with E-state index in [0.717, 1.165) is 12.8 Å². The number of ether oxygens (including phenoxy) is 1. The Bertz CT molecular complexity index is 605. The second-order valence-corrected chi connectivity index (χ2v) is 4.50. The van der Waals surface area contributed by atoms with Gasteiger partial charge in [0.25, 0.3) is 0 Å². The SMILES string of the molecule is O=C(O)c1cccc2nc(OC3CCC3)ccc12. The third-order valence-electron chi connectivity index (χ3n) is 3.28. The summed E-state index contributed by atoms with van der Waals surface area (Å²) in [5.41, 5.74) is 0.932. The van der Waals surface area contributed by atoms with Gasteiger partial charge in [-0.2, -0.15) is 0 Å². The molecule has 1 N–H and O–H groups in total. The summed E-state index contributed by atoms with van der Waals surface area (Å²) in [6.45, 7) is 0. The van der Waals surface area contributed by atoms with Gasteiger partial charge in [0.1, 0.15) is 6.10 Å². The lowest BCUT2D eigenvalue weighted by Gasteiger charge is -2.25. The molecule has 3 rings (SSSR count). The lowest BCUT2D eigenvalue weighted by atomic mass is 9.96. The lowest BCUT2D eigenvalue weighted by Crippen LogP contribution is -2.24. The number of nitrogens with zero attached hydrogens (tertiary/aromatic N) is 1. The van der Waals surface area contributed by atoms with E-state index in [0.29, 0.717) is 16.8 Å². The Hall–Kier alpha value is -2.10. The molecule has 2 aromatic rings. The minimum Gasteiger partial charge on any atom is -0.478 e. The van der Waals surface area contributed by atoms with Crippen molar-refractivity contribution in [2.24, 2.45) is 0 Å². The van der Waals surface area contributed by atoms with Crippen LogP contribution in [0.3, 0.4) is 0 Å². The molecule has 1 fully saturated rings. The molecule has 1 aromatic heterocycles. The van der Waals surface area contributed by atoms with Crippen LogP contribution in [0.25, 0.3) is 10.9 Å². The van der Waals surface area contributed by atoms with Gasteiger partial charge in [0.05, 0.1) is 11.1 Å². The number of carboxylic acid groups (broad SMARTS) is 1. The van der Waals surface area contributed by atoms with E-state index in [1.807, 2.05) is 0 Å². The van der Waals surface area contributed by atoms with Crippen LogP contribution in [0, 0.1) is 0 Å². The second kappa shape index (κ2) is 4.29. The lowest BCUT2D eigenvalue weighted by molar-refractivity contribution is 0.0699. The number of benzene rings is 1. The molecule has 4 heteroatoms. The molecule has 0 aliphatic heterocycles. The number of hydrogen-bond donors (Lipinski definition) is 1. The maximum Gasteiger partial charge on any atom is 0.336 e. The predicted molar refractivity (Wildman–Crippen MR) is 67.0 cm³/mol. The first kappa shape index (κ1) is 11.0. The summed E-state index contributed by atoms with van der Waals surface area (Å²) in [5.74, 6) is -0.357. The first-order chi connectivity index (χ1) is 8.74. The van der Waals surface area contributed by atoms with Crippen LogP contribution in [0.5, 0.6) is 5.88 Å². The molecule has 1 saturated carbocycles. The number of aromatic nitrogens is 1. The Balaban J connectivity index is 1.99. The van der Waals surface area contributed by atoms with Crippen molar-refractivity contribution < 1.29 is 14.6 Å². The number of hydrogen-bond acceptors (Lipinski definition) is 3. The van der Waals surface area contributed by atoms with Gasteiger partial charge in [-0.3, -0.25) is 0 Å². The van der Waals surface area contributed by atoms with Gasteiger partial charge in [0.2, 0.25) is 5.88 Å². The fourth-order valence-electron chi connectivity index (χ4n) is 2.05. The molecule has 0 unspecified atom stereocenters. The first-order valence-electron chi connectivity index (χ1n) is 6.04. The number of carboxylic acids is 1. The van der Waals surface area contributed by atoms with Crippen LogP contribution in [0.4, 0.5) is 0 Å². The zero-order chi connectivity index (χ0) is 12.5. The average molecular weight is 243 g/mol. The highest BCUT2D eigenvalue weighted by atomic mass is 16.5. The average Bonchev–Trinajstić information content (AvgIpc) is 2.32. The Kier molecular flexibility index (Phi) is 2.63. The summed E-state index contributed by atoms with van der Waals surface area (Å²) in [4.78, 5) is 15.4. The van der Waals surface area contributed by atoms with Crippen LogP contribution in [-0.2, 0) is 0 Å². The van der Waals surface area contributed by atoms with Crippen molar-refractivity contribution in [2.45, 2.75) is 25.4 Å². The molecule has 1 aromatic carbocycles. The van der Waals surface area contributed by atoms with E-state index in [-0.39, 0.29) is 11.7 Å². The molecule has 0 bridgehead atoms. The normalized spacial score (nSPS) is 15.3. The summed E-state index contributed by atoms with van der Waals surface area (Å²) in [7, 11) is 0. The minimum absolute atomic E-state index is 0.273. The van der Waals surface area contributed by atoms with Crippen molar-refractivity contribution in [1.29, 1.82) is 0 Å². The molecule has 1 aliphatic rings. The molecule has 0 spiro atoms. The highest BCUT2D eigenvalue weighted by molar-refractivity contribution is 6.02. The van der Waals surface area contributed by atoms with Crippen LogP contribution in [0.1, 0.15) is 29.6 Å². The van der Waals surface area contributed by atoms with E-state index >= 15 is 0 Å².